The molecule has 0 radical (unpaired) electrons. The van der Waals surface area contributed by atoms with Crippen LogP contribution in [0.25, 0.3) is 10.9 Å². The second-order valence-electron chi connectivity index (χ2n) is 14.1. The third-order valence-corrected chi connectivity index (χ3v) is 12.4. The highest BCUT2D eigenvalue weighted by molar-refractivity contribution is 5.80. The summed E-state index contributed by atoms with van der Waals surface area (Å²) in [4.78, 5) is 8.53. The van der Waals surface area contributed by atoms with Crippen LogP contribution >= 0.6 is 0 Å². The molecule has 10 atom stereocenters. The number of hydrogen-bond donors (Lipinski definition) is 2. The largest absolute Gasteiger partial charge is 0.393 e. The van der Waals surface area contributed by atoms with E-state index < -0.39 is 17.5 Å². The van der Waals surface area contributed by atoms with E-state index in [2.05, 4.69) is 30.7 Å². The van der Waals surface area contributed by atoms with Gasteiger partial charge in [-0.05, 0) is 111 Å². The van der Waals surface area contributed by atoms with E-state index in [0.717, 1.165) is 51.4 Å². The molecule has 1 aromatic heterocycles. The molecule has 0 amide bonds. The van der Waals surface area contributed by atoms with E-state index in [9.17, 15) is 23.4 Å². The molecule has 0 aliphatic heterocycles. The highest BCUT2D eigenvalue weighted by Gasteiger charge is 2.62. The second-order valence-corrected chi connectivity index (χ2v) is 14.1. The van der Waals surface area contributed by atoms with Gasteiger partial charge in [-0.1, -0.05) is 20.8 Å². The van der Waals surface area contributed by atoms with Gasteiger partial charge in [0.15, 0.2) is 11.6 Å². The van der Waals surface area contributed by atoms with Gasteiger partial charge in [0.05, 0.1) is 17.6 Å². The molecule has 4 nitrogen and oxygen atoms in total. The van der Waals surface area contributed by atoms with E-state index in [1.165, 1.54) is 19.5 Å². The molecule has 7 heteroatoms. The average molecular weight is 545 g/mol. The number of halogens is 3. The highest BCUT2D eigenvalue weighted by atomic mass is 19.2. The molecule has 2 aromatic rings. The maximum absolute atomic E-state index is 14.6. The quantitative estimate of drug-likeness (QED) is 0.410. The predicted molar refractivity (Wildman–Crippen MR) is 144 cm³/mol. The number of nitrogens with zero attached hydrogens (tertiary/aromatic N) is 2. The third-order valence-electron chi connectivity index (χ3n) is 12.4. The van der Waals surface area contributed by atoms with Gasteiger partial charge in [0.1, 0.15) is 17.2 Å². The summed E-state index contributed by atoms with van der Waals surface area (Å²) in [6.45, 7) is 8.39. The Kier molecular flexibility index (Phi) is 6.81. The summed E-state index contributed by atoms with van der Waals surface area (Å²) < 4.78 is 43.2. The lowest BCUT2D eigenvalue weighted by atomic mass is 9.43. The Bertz CT molecular complexity index is 1270. The summed E-state index contributed by atoms with van der Waals surface area (Å²) in [6, 6.07) is 0. The summed E-state index contributed by atoms with van der Waals surface area (Å²) >= 11 is 0. The number of benzene rings is 1. The van der Waals surface area contributed by atoms with Crippen molar-refractivity contribution < 1.29 is 23.4 Å². The molecule has 4 saturated carbocycles. The summed E-state index contributed by atoms with van der Waals surface area (Å²) in [5, 5.41) is 21.7. The molecule has 4 aliphatic carbocycles. The number of aliphatic hydroxyl groups is 2. The topological polar surface area (TPSA) is 66.2 Å². The monoisotopic (exact) mass is 544 g/mol. The zero-order valence-corrected chi connectivity index (χ0v) is 23.7. The van der Waals surface area contributed by atoms with Crippen LogP contribution in [-0.2, 0) is 6.42 Å². The van der Waals surface area contributed by atoms with E-state index in [-0.39, 0.29) is 39.5 Å². The number of aryl methyl sites for hydroxylation is 1. The SMILES string of the molecule is Cc1c(F)c(F)c2nc(CC[C@@H](C)[C@H]3CC[C@H]4[C@H]5C(CC[C@]34C)[C@@]3(C)CC[C@@H](O)C[C@H]3C[C@H]5O)ncc2c1F. The molecule has 0 bridgehead atoms. The van der Waals surface area contributed by atoms with Crippen molar-refractivity contribution >= 4 is 10.9 Å². The van der Waals surface area contributed by atoms with Crippen molar-refractivity contribution in [2.75, 3.05) is 0 Å². The molecule has 1 aromatic carbocycles. The minimum atomic E-state index is -1.19. The number of rotatable bonds is 4. The van der Waals surface area contributed by atoms with Crippen LogP contribution in [0.15, 0.2) is 6.20 Å². The molecule has 4 fully saturated rings. The summed E-state index contributed by atoms with van der Waals surface area (Å²) in [7, 11) is 0. The van der Waals surface area contributed by atoms with Gasteiger partial charge >= 0.3 is 0 Å². The highest BCUT2D eigenvalue weighted by Crippen LogP contribution is 2.68. The van der Waals surface area contributed by atoms with Crippen molar-refractivity contribution in [2.24, 2.45) is 46.3 Å². The minimum Gasteiger partial charge on any atom is -0.393 e. The Balaban J connectivity index is 1.18. The van der Waals surface area contributed by atoms with Crippen LogP contribution in [0.4, 0.5) is 13.2 Å². The zero-order valence-electron chi connectivity index (χ0n) is 23.7. The first-order valence-electron chi connectivity index (χ1n) is 15.1. The van der Waals surface area contributed by atoms with Crippen LogP contribution < -0.4 is 0 Å². The van der Waals surface area contributed by atoms with Gasteiger partial charge in [0, 0.05) is 18.2 Å². The van der Waals surface area contributed by atoms with Gasteiger partial charge in [-0.25, -0.2) is 23.1 Å². The van der Waals surface area contributed by atoms with Gasteiger partial charge < -0.3 is 10.2 Å². The molecule has 214 valence electrons. The van der Waals surface area contributed by atoms with Crippen LogP contribution in [0.5, 0.6) is 0 Å². The van der Waals surface area contributed by atoms with Gasteiger partial charge in [0.25, 0.3) is 0 Å². The molecule has 2 N–H and O–H groups in total. The van der Waals surface area contributed by atoms with Crippen molar-refractivity contribution in [3.8, 4) is 0 Å². The second kappa shape index (κ2) is 9.68. The molecular formula is C32H43F3N2O2. The lowest BCUT2D eigenvalue weighted by Gasteiger charge is -2.62. The Morgan fingerprint density at radius 1 is 0.949 bits per heavy atom. The van der Waals surface area contributed by atoms with Gasteiger partial charge in [-0.15, -0.1) is 0 Å². The number of aliphatic hydroxyl groups excluding tert-OH is 2. The summed E-state index contributed by atoms with van der Waals surface area (Å²) in [6.07, 6.45) is 10.3. The first-order chi connectivity index (χ1) is 18.5. The fourth-order valence-corrected chi connectivity index (χ4v) is 10.2. The van der Waals surface area contributed by atoms with Gasteiger partial charge in [-0.2, -0.15) is 0 Å². The van der Waals surface area contributed by atoms with Crippen molar-refractivity contribution in [1.82, 2.24) is 9.97 Å². The normalized spacial score (nSPS) is 40.7. The molecule has 1 heterocycles. The average Bonchev–Trinajstić information content (AvgIpc) is 3.27. The minimum absolute atomic E-state index is 0.0828. The lowest BCUT2D eigenvalue weighted by Crippen LogP contribution is -2.58. The Morgan fingerprint density at radius 2 is 1.67 bits per heavy atom. The standard InChI is InChI=1S/C32H43F3N2O2/c1-16(5-8-25-36-15-20-27(33)17(2)28(34)29(35)30(20)37-25)21-6-7-22-26-23(10-12-32(21,22)4)31(3)11-9-19(38)13-18(31)14-24(26)39/h15-16,18-19,21-24,26,38-39H,5-14H2,1-4H3/t16-,18+,19-,21-,22+,23?,24-,26+,31+,32-/m1/s1. The number of fused-ring (bicyclic) bond motifs is 6. The van der Waals surface area contributed by atoms with Crippen LogP contribution in [-0.4, -0.2) is 32.4 Å². The Hall–Kier alpha value is -1.73. The van der Waals surface area contributed by atoms with Crippen molar-refractivity contribution in [3.63, 3.8) is 0 Å². The molecule has 39 heavy (non-hydrogen) atoms. The lowest BCUT2D eigenvalue weighted by molar-refractivity contribution is -0.174. The van der Waals surface area contributed by atoms with E-state index in [1.807, 2.05) is 0 Å². The van der Waals surface area contributed by atoms with Crippen LogP contribution in [0.1, 0.15) is 89.9 Å². The molecule has 4 aliphatic rings. The fraction of sp³-hybridized carbons (Fsp3) is 0.750. The number of hydrogen-bond acceptors (Lipinski definition) is 4. The van der Waals surface area contributed by atoms with E-state index >= 15 is 0 Å². The Morgan fingerprint density at radius 3 is 2.44 bits per heavy atom. The maximum atomic E-state index is 14.6. The zero-order chi connectivity index (χ0) is 27.9. The molecule has 1 unspecified atom stereocenters. The smallest absolute Gasteiger partial charge is 0.185 e. The van der Waals surface area contributed by atoms with Gasteiger partial charge in [-0.3, -0.25) is 0 Å². The maximum Gasteiger partial charge on any atom is 0.185 e. The van der Waals surface area contributed by atoms with E-state index in [4.69, 9.17) is 0 Å². The molecule has 0 saturated heterocycles. The summed E-state index contributed by atoms with van der Waals surface area (Å²) in [5.74, 6) is -0.0108. The van der Waals surface area contributed by atoms with E-state index in [0.29, 0.717) is 47.8 Å². The van der Waals surface area contributed by atoms with Crippen molar-refractivity contribution in [1.29, 1.82) is 0 Å². The third kappa shape index (κ3) is 4.15. The first-order valence-corrected chi connectivity index (χ1v) is 15.1. The molecule has 0 spiro atoms. The van der Waals surface area contributed by atoms with Gasteiger partial charge in [0.2, 0.25) is 0 Å². The van der Waals surface area contributed by atoms with Crippen molar-refractivity contribution in [3.05, 3.63) is 35.0 Å². The van der Waals surface area contributed by atoms with Crippen molar-refractivity contribution in [2.45, 2.75) is 104 Å². The fourth-order valence-electron chi connectivity index (χ4n) is 10.2. The van der Waals surface area contributed by atoms with Crippen LogP contribution in [0.3, 0.4) is 0 Å². The molecular weight excluding hydrogens is 501 g/mol. The Labute approximate surface area is 229 Å². The van der Waals surface area contributed by atoms with Crippen LogP contribution in [0, 0.1) is 70.7 Å². The van der Waals surface area contributed by atoms with E-state index in [1.54, 1.807) is 0 Å². The molecule has 6 rings (SSSR count). The summed E-state index contributed by atoms with van der Waals surface area (Å²) in [5.41, 5.74) is -0.252. The predicted octanol–water partition coefficient (Wildman–Crippen LogP) is 6.91. The van der Waals surface area contributed by atoms with Crippen LogP contribution in [0.2, 0.25) is 0 Å². The number of aromatic nitrogens is 2. The first kappa shape index (κ1) is 27.4.